The summed E-state index contributed by atoms with van der Waals surface area (Å²) in [5, 5.41) is 1.60. The number of carbonyl (C=O) groups is 1. The van der Waals surface area contributed by atoms with E-state index in [0.29, 0.717) is 6.42 Å². The van der Waals surface area contributed by atoms with Crippen LogP contribution in [0.25, 0.3) is 0 Å². The van der Waals surface area contributed by atoms with Crippen LogP contribution in [0.2, 0.25) is 0 Å². The lowest BCUT2D eigenvalue weighted by Crippen LogP contribution is -2.58. The van der Waals surface area contributed by atoms with Crippen molar-refractivity contribution in [1.29, 1.82) is 0 Å². The fraction of sp³-hybridized carbons (Fsp3) is 0.286. The van der Waals surface area contributed by atoms with Gasteiger partial charge in [-0.2, -0.15) is 0 Å². The van der Waals surface area contributed by atoms with E-state index < -0.39 is 5.60 Å². The molecule has 0 bridgehead atoms. The van der Waals surface area contributed by atoms with Crippen LogP contribution in [0.4, 0.5) is 5.69 Å². The summed E-state index contributed by atoms with van der Waals surface area (Å²) in [7, 11) is 1.62. The van der Waals surface area contributed by atoms with E-state index >= 15 is 0 Å². The molecule has 5 heteroatoms. The molecule has 0 unspecified atom stereocenters. The molecule has 5 nitrogen and oxygen atoms in total. The third kappa shape index (κ3) is 2.79. The third-order valence-electron chi connectivity index (χ3n) is 4.96. The number of anilines is 1. The van der Waals surface area contributed by atoms with Gasteiger partial charge in [-0.3, -0.25) is 10.2 Å². The van der Waals surface area contributed by atoms with Gasteiger partial charge in [0.25, 0.3) is 0 Å². The SMILES string of the molecule is CO[C@@H]1CC=C2NN(c3ccc(C)cc3)C(=O)C[C@]2(c2ccccc2)O1. The molecule has 1 amide bonds. The van der Waals surface area contributed by atoms with E-state index in [0.717, 1.165) is 22.5 Å². The van der Waals surface area contributed by atoms with Gasteiger partial charge in [-0.15, -0.1) is 0 Å². The summed E-state index contributed by atoms with van der Waals surface area (Å²) in [4.78, 5) is 13.0. The van der Waals surface area contributed by atoms with Crippen LogP contribution in [-0.4, -0.2) is 19.3 Å². The molecule has 1 fully saturated rings. The second kappa shape index (κ2) is 6.59. The molecule has 2 aliphatic heterocycles. The molecule has 4 rings (SSSR count). The van der Waals surface area contributed by atoms with Gasteiger partial charge in [0.15, 0.2) is 6.29 Å². The van der Waals surface area contributed by atoms with Gasteiger partial charge in [0, 0.05) is 13.5 Å². The molecule has 1 saturated heterocycles. The van der Waals surface area contributed by atoms with Gasteiger partial charge in [0.05, 0.1) is 17.8 Å². The zero-order valence-corrected chi connectivity index (χ0v) is 14.9. The molecule has 2 aliphatic rings. The second-order valence-corrected chi connectivity index (χ2v) is 6.68. The molecule has 134 valence electrons. The smallest absolute Gasteiger partial charge is 0.249 e. The molecule has 1 N–H and O–H groups in total. The number of benzene rings is 2. The minimum absolute atomic E-state index is 0.0494. The first-order valence-electron chi connectivity index (χ1n) is 8.75. The number of hydrazine groups is 1. The highest BCUT2D eigenvalue weighted by molar-refractivity contribution is 5.95. The van der Waals surface area contributed by atoms with Gasteiger partial charge in [0.2, 0.25) is 5.91 Å². The van der Waals surface area contributed by atoms with Crippen molar-refractivity contribution in [2.24, 2.45) is 0 Å². The van der Waals surface area contributed by atoms with Crippen LogP contribution in [0.3, 0.4) is 0 Å². The molecule has 2 heterocycles. The maximum atomic E-state index is 13.0. The Morgan fingerprint density at radius 1 is 1.15 bits per heavy atom. The monoisotopic (exact) mass is 350 g/mol. The topological polar surface area (TPSA) is 50.8 Å². The van der Waals surface area contributed by atoms with Crippen molar-refractivity contribution in [3.8, 4) is 0 Å². The van der Waals surface area contributed by atoms with E-state index in [1.54, 1.807) is 12.1 Å². The van der Waals surface area contributed by atoms with E-state index in [1.807, 2.05) is 61.5 Å². The Balaban J connectivity index is 1.74. The summed E-state index contributed by atoms with van der Waals surface area (Å²) in [6.45, 7) is 2.03. The predicted molar refractivity (Wildman–Crippen MR) is 99.1 cm³/mol. The first-order valence-corrected chi connectivity index (χ1v) is 8.75. The zero-order valence-electron chi connectivity index (χ0n) is 14.9. The Bertz CT molecular complexity index is 832. The Kier molecular flexibility index (Phi) is 4.26. The number of fused-ring (bicyclic) bond motifs is 1. The Hall–Kier alpha value is -2.63. The molecule has 0 spiro atoms. The van der Waals surface area contributed by atoms with Crippen molar-refractivity contribution < 1.29 is 14.3 Å². The predicted octanol–water partition coefficient (Wildman–Crippen LogP) is 3.41. The summed E-state index contributed by atoms with van der Waals surface area (Å²) in [5.74, 6) is -0.0494. The Morgan fingerprint density at radius 2 is 1.88 bits per heavy atom. The minimum atomic E-state index is -0.849. The third-order valence-corrected chi connectivity index (χ3v) is 4.96. The number of methoxy groups -OCH3 is 1. The molecule has 0 radical (unpaired) electrons. The number of carbonyl (C=O) groups excluding carboxylic acids is 1. The van der Waals surface area contributed by atoms with E-state index in [-0.39, 0.29) is 18.6 Å². The molecule has 0 aromatic heterocycles. The largest absolute Gasteiger partial charge is 0.356 e. The normalized spacial score (nSPS) is 25.3. The van der Waals surface area contributed by atoms with E-state index in [2.05, 4.69) is 11.5 Å². The van der Waals surface area contributed by atoms with Gasteiger partial charge in [-0.05, 0) is 24.6 Å². The lowest BCUT2D eigenvalue weighted by atomic mass is 9.83. The number of nitrogens with zero attached hydrogens (tertiary/aromatic N) is 1. The molecular formula is C21H22N2O3. The van der Waals surface area contributed by atoms with Crippen LogP contribution >= 0.6 is 0 Å². The summed E-state index contributed by atoms with van der Waals surface area (Å²) >= 11 is 0. The zero-order chi connectivity index (χ0) is 18.1. The Labute approximate surface area is 153 Å². The number of aryl methyl sites for hydroxylation is 1. The number of ether oxygens (including phenoxy) is 2. The average Bonchev–Trinajstić information content (AvgIpc) is 2.68. The number of amides is 1. The molecular weight excluding hydrogens is 328 g/mol. The molecule has 0 saturated carbocycles. The minimum Gasteiger partial charge on any atom is -0.356 e. The van der Waals surface area contributed by atoms with Crippen molar-refractivity contribution in [2.45, 2.75) is 31.7 Å². The summed E-state index contributed by atoms with van der Waals surface area (Å²) in [6.07, 6.45) is 2.53. The maximum Gasteiger partial charge on any atom is 0.249 e. The number of nitrogens with one attached hydrogen (secondary N) is 1. The lowest BCUT2D eigenvalue weighted by molar-refractivity contribution is -0.204. The van der Waals surface area contributed by atoms with Crippen molar-refractivity contribution >= 4 is 11.6 Å². The highest BCUT2D eigenvalue weighted by Crippen LogP contribution is 2.44. The van der Waals surface area contributed by atoms with Gasteiger partial charge in [0.1, 0.15) is 5.60 Å². The fourth-order valence-electron chi connectivity index (χ4n) is 3.54. The Morgan fingerprint density at radius 3 is 2.58 bits per heavy atom. The van der Waals surface area contributed by atoms with Crippen LogP contribution < -0.4 is 10.4 Å². The molecule has 26 heavy (non-hydrogen) atoms. The molecule has 2 aromatic rings. The number of hydrogen-bond acceptors (Lipinski definition) is 4. The van der Waals surface area contributed by atoms with Gasteiger partial charge >= 0.3 is 0 Å². The van der Waals surface area contributed by atoms with E-state index in [1.165, 1.54) is 0 Å². The molecule has 0 aliphatic carbocycles. The van der Waals surface area contributed by atoms with E-state index in [4.69, 9.17) is 9.47 Å². The first-order chi connectivity index (χ1) is 12.6. The van der Waals surface area contributed by atoms with Crippen LogP contribution in [0.5, 0.6) is 0 Å². The van der Waals surface area contributed by atoms with Crippen molar-refractivity contribution in [3.63, 3.8) is 0 Å². The first kappa shape index (κ1) is 16.8. The highest BCUT2D eigenvalue weighted by Gasteiger charge is 2.49. The quantitative estimate of drug-likeness (QED) is 0.922. The van der Waals surface area contributed by atoms with Crippen LogP contribution in [-0.2, 0) is 19.9 Å². The molecule has 2 aromatic carbocycles. The fourth-order valence-corrected chi connectivity index (χ4v) is 3.54. The van der Waals surface area contributed by atoms with Gasteiger partial charge in [-0.25, -0.2) is 5.01 Å². The van der Waals surface area contributed by atoms with Crippen LogP contribution in [0.15, 0.2) is 66.4 Å². The van der Waals surface area contributed by atoms with E-state index in [9.17, 15) is 4.79 Å². The summed E-state index contributed by atoms with van der Waals surface area (Å²) in [6, 6.07) is 17.7. The summed E-state index contributed by atoms with van der Waals surface area (Å²) in [5.41, 5.74) is 6.22. The summed E-state index contributed by atoms with van der Waals surface area (Å²) < 4.78 is 11.7. The van der Waals surface area contributed by atoms with Crippen molar-refractivity contribution in [3.05, 3.63) is 77.5 Å². The van der Waals surface area contributed by atoms with Gasteiger partial charge in [-0.1, -0.05) is 54.1 Å². The maximum absolute atomic E-state index is 13.0. The molecule has 2 atom stereocenters. The highest BCUT2D eigenvalue weighted by atomic mass is 16.7. The average molecular weight is 350 g/mol. The number of rotatable bonds is 3. The number of hydrogen-bond donors (Lipinski definition) is 1. The van der Waals surface area contributed by atoms with Gasteiger partial charge < -0.3 is 9.47 Å². The van der Waals surface area contributed by atoms with Crippen molar-refractivity contribution in [2.75, 3.05) is 12.1 Å². The van der Waals surface area contributed by atoms with Crippen molar-refractivity contribution in [1.82, 2.24) is 5.43 Å². The van der Waals surface area contributed by atoms with Crippen LogP contribution in [0, 0.1) is 6.92 Å². The van der Waals surface area contributed by atoms with Crippen LogP contribution in [0.1, 0.15) is 24.0 Å². The standard InChI is InChI=1S/C21H22N2O3/c1-15-8-10-17(11-9-15)23-19(24)14-21(16-6-4-3-5-7-16)18(22-23)12-13-20(25-2)26-21/h3-12,20,22H,13-14H2,1-2H3/t20-,21+/m0/s1. The lowest BCUT2D eigenvalue weighted by Gasteiger charge is -2.47. The second-order valence-electron chi connectivity index (χ2n) is 6.68.